The predicted molar refractivity (Wildman–Crippen MR) is 89.8 cm³/mol. The van der Waals surface area contributed by atoms with Gasteiger partial charge >= 0.3 is 0 Å². The highest BCUT2D eigenvalue weighted by molar-refractivity contribution is 7.89. The van der Waals surface area contributed by atoms with Gasteiger partial charge in [0, 0.05) is 6.04 Å². The van der Waals surface area contributed by atoms with E-state index < -0.39 is 10.0 Å². The second-order valence-corrected chi connectivity index (χ2v) is 7.16. The van der Waals surface area contributed by atoms with Crippen LogP contribution >= 0.6 is 0 Å². The minimum Gasteiger partial charge on any atom is -0.494 e. The fourth-order valence-corrected chi connectivity index (χ4v) is 3.46. The largest absolute Gasteiger partial charge is 0.494 e. The van der Waals surface area contributed by atoms with Gasteiger partial charge < -0.3 is 4.74 Å². The van der Waals surface area contributed by atoms with Gasteiger partial charge in [-0.2, -0.15) is 0 Å². The molecule has 0 aliphatic heterocycles. The Kier molecular flexibility index (Phi) is 5.42. The molecule has 0 radical (unpaired) electrons. The van der Waals surface area contributed by atoms with E-state index in [0.29, 0.717) is 11.5 Å². The molecule has 2 aromatic rings. The van der Waals surface area contributed by atoms with Crippen molar-refractivity contribution in [1.29, 1.82) is 0 Å². The lowest BCUT2D eigenvalue weighted by atomic mass is 10.1. The van der Waals surface area contributed by atoms with Crippen LogP contribution in [0.2, 0.25) is 0 Å². The molecule has 0 saturated heterocycles. The van der Waals surface area contributed by atoms with E-state index in [9.17, 15) is 8.42 Å². The highest BCUT2D eigenvalue weighted by Crippen LogP contribution is 2.24. The number of hydrogen-bond acceptors (Lipinski definition) is 3. The lowest BCUT2D eigenvalue weighted by Gasteiger charge is -2.13. The van der Waals surface area contributed by atoms with Gasteiger partial charge in [0.15, 0.2) is 0 Å². The Labute approximate surface area is 132 Å². The van der Waals surface area contributed by atoms with Crippen LogP contribution in [0.4, 0.5) is 0 Å². The zero-order chi connectivity index (χ0) is 16.2. The molecule has 1 unspecified atom stereocenters. The lowest BCUT2D eigenvalue weighted by molar-refractivity contribution is 0.318. The highest BCUT2D eigenvalue weighted by atomic mass is 32.2. The Morgan fingerprint density at radius 2 is 1.77 bits per heavy atom. The summed E-state index contributed by atoms with van der Waals surface area (Å²) in [6.07, 6.45) is 1.71. The monoisotopic (exact) mass is 321 g/mol. The van der Waals surface area contributed by atoms with Crippen molar-refractivity contribution in [1.82, 2.24) is 4.72 Å². The van der Waals surface area contributed by atoms with Crippen LogP contribution in [0.3, 0.4) is 0 Å². The Balaban J connectivity index is 2.31. The van der Waals surface area contributed by atoms with Crippen molar-refractivity contribution in [2.45, 2.75) is 44.6 Å². The van der Waals surface area contributed by atoms with Crippen LogP contribution < -0.4 is 9.46 Å². The van der Waals surface area contributed by atoms with E-state index in [2.05, 4.69) is 11.6 Å². The van der Waals surface area contributed by atoms with Crippen molar-refractivity contribution < 1.29 is 13.2 Å². The van der Waals surface area contributed by atoms with E-state index in [1.54, 1.807) is 12.1 Å². The molecule has 0 bridgehead atoms. The van der Waals surface area contributed by atoms with Crippen molar-refractivity contribution in [2.24, 2.45) is 0 Å². The van der Waals surface area contributed by atoms with E-state index in [4.69, 9.17) is 4.74 Å². The van der Waals surface area contributed by atoms with Crippen LogP contribution in [0, 0.1) is 0 Å². The minimum atomic E-state index is -3.47. The maximum Gasteiger partial charge on any atom is 0.240 e. The summed E-state index contributed by atoms with van der Waals surface area (Å²) in [5.41, 5.74) is 0. The number of sulfonamides is 1. The molecule has 0 aliphatic rings. The summed E-state index contributed by atoms with van der Waals surface area (Å²) in [5.74, 6) is 0.808. The molecule has 1 N–H and O–H groups in total. The van der Waals surface area contributed by atoms with Gasteiger partial charge in [0.2, 0.25) is 10.0 Å². The molecule has 0 saturated carbocycles. The number of ether oxygens (including phenoxy) is 1. The molecule has 5 heteroatoms. The summed E-state index contributed by atoms with van der Waals surface area (Å²) in [4.78, 5) is 0.294. The summed E-state index contributed by atoms with van der Waals surface area (Å²) in [6.45, 7) is 6.54. The molecule has 0 fully saturated rings. The summed E-state index contributed by atoms with van der Waals surface area (Å²) in [7, 11) is -3.47. The first-order chi connectivity index (χ1) is 10.5. The first-order valence-electron chi connectivity index (χ1n) is 7.65. The van der Waals surface area contributed by atoms with E-state index >= 15 is 0 Å². The molecule has 1 atom stereocenters. The van der Waals surface area contributed by atoms with Crippen LogP contribution in [-0.2, 0) is 10.0 Å². The number of hydrogen-bond donors (Lipinski definition) is 1. The van der Waals surface area contributed by atoms with E-state index in [1.807, 2.05) is 38.1 Å². The van der Waals surface area contributed by atoms with Crippen molar-refractivity contribution in [2.75, 3.05) is 6.61 Å². The highest BCUT2D eigenvalue weighted by Gasteiger charge is 2.16. The van der Waals surface area contributed by atoms with Gasteiger partial charge in [0.25, 0.3) is 0 Å². The van der Waals surface area contributed by atoms with E-state index in [-0.39, 0.29) is 6.04 Å². The lowest BCUT2D eigenvalue weighted by Crippen LogP contribution is -2.31. The van der Waals surface area contributed by atoms with E-state index in [1.165, 1.54) is 0 Å². The third-order valence-electron chi connectivity index (χ3n) is 3.54. The molecule has 0 aromatic heterocycles. The molecule has 2 rings (SSSR count). The Hall–Kier alpha value is -1.59. The predicted octanol–water partition coefficient (Wildman–Crippen LogP) is 3.71. The maximum atomic E-state index is 12.3. The second kappa shape index (κ2) is 7.11. The van der Waals surface area contributed by atoms with Gasteiger partial charge in [0.1, 0.15) is 5.75 Å². The number of benzene rings is 2. The molecule has 4 nitrogen and oxygen atoms in total. The minimum absolute atomic E-state index is 0.0782. The van der Waals surface area contributed by atoms with Gasteiger partial charge in [-0.25, -0.2) is 13.1 Å². The van der Waals surface area contributed by atoms with Crippen molar-refractivity contribution in [3.63, 3.8) is 0 Å². The third-order valence-corrected chi connectivity index (χ3v) is 5.12. The Bertz CT molecular complexity index is 741. The molecule has 2 aromatic carbocycles. The van der Waals surface area contributed by atoms with E-state index in [0.717, 1.165) is 29.4 Å². The van der Waals surface area contributed by atoms with Crippen molar-refractivity contribution >= 4 is 20.8 Å². The average Bonchev–Trinajstić information content (AvgIpc) is 2.51. The second-order valence-electron chi connectivity index (χ2n) is 5.45. The third kappa shape index (κ3) is 3.99. The molecule has 0 heterocycles. The van der Waals surface area contributed by atoms with Gasteiger partial charge in [-0.1, -0.05) is 26.0 Å². The topological polar surface area (TPSA) is 55.4 Å². The van der Waals surface area contributed by atoms with Crippen molar-refractivity contribution in [3.05, 3.63) is 36.4 Å². The van der Waals surface area contributed by atoms with Gasteiger partial charge in [0.05, 0.1) is 11.5 Å². The first kappa shape index (κ1) is 16.8. The van der Waals surface area contributed by atoms with Crippen LogP contribution in [-0.4, -0.2) is 21.1 Å². The zero-order valence-corrected chi connectivity index (χ0v) is 14.1. The zero-order valence-electron chi connectivity index (χ0n) is 13.3. The Morgan fingerprint density at radius 3 is 2.45 bits per heavy atom. The molecule has 0 aliphatic carbocycles. The maximum absolute atomic E-state index is 12.3. The molecular formula is C17H23NO3S. The standard InChI is InChI=1S/C17H23NO3S/c1-4-10-21-16-8-6-15-12-17(9-7-14(15)11-16)22(19,20)18-13(3)5-2/h6-9,11-13,18H,4-5,10H2,1-3H3. The van der Waals surface area contributed by atoms with Crippen LogP contribution in [0.5, 0.6) is 5.75 Å². The summed E-state index contributed by atoms with van der Waals surface area (Å²) >= 11 is 0. The summed E-state index contributed by atoms with van der Waals surface area (Å²) in [5, 5.41) is 1.85. The number of rotatable bonds is 7. The molecular weight excluding hydrogens is 298 g/mol. The quantitative estimate of drug-likeness (QED) is 0.846. The fourth-order valence-electron chi connectivity index (χ4n) is 2.09. The first-order valence-corrected chi connectivity index (χ1v) is 9.13. The van der Waals surface area contributed by atoms with Gasteiger partial charge in [-0.3, -0.25) is 0 Å². The number of nitrogens with one attached hydrogen (secondary N) is 1. The van der Waals surface area contributed by atoms with Crippen LogP contribution in [0.25, 0.3) is 10.8 Å². The molecule has 0 spiro atoms. The number of fused-ring (bicyclic) bond motifs is 1. The SMILES string of the molecule is CCCOc1ccc2cc(S(=O)(=O)NC(C)CC)ccc2c1. The smallest absolute Gasteiger partial charge is 0.240 e. The molecule has 0 amide bonds. The van der Waals surface area contributed by atoms with Crippen LogP contribution in [0.15, 0.2) is 41.3 Å². The summed E-state index contributed by atoms with van der Waals surface area (Å²) < 4.78 is 32.9. The van der Waals surface area contributed by atoms with Crippen LogP contribution in [0.1, 0.15) is 33.6 Å². The Morgan fingerprint density at radius 1 is 1.09 bits per heavy atom. The van der Waals surface area contributed by atoms with Gasteiger partial charge in [-0.15, -0.1) is 0 Å². The summed E-state index contributed by atoms with van der Waals surface area (Å²) in [6, 6.07) is 10.8. The molecule has 120 valence electrons. The van der Waals surface area contributed by atoms with Crippen molar-refractivity contribution in [3.8, 4) is 5.75 Å². The van der Waals surface area contributed by atoms with Gasteiger partial charge in [-0.05, 0) is 54.8 Å². The fraction of sp³-hybridized carbons (Fsp3) is 0.412. The molecule has 22 heavy (non-hydrogen) atoms. The average molecular weight is 321 g/mol. The normalized spacial score (nSPS) is 13.2.